The second-order valence-electron chi connectivity index (χ2n) is 12.5. The SMILES string of the molecule is C=C/C=C(\C=C/C)C1=NC2C=CC(C3=CC4N=C([C@H]5C=CC=CC5)C(C(/C=C\C)=C/CC)=N[C@@H]4C=C3)=C[C@@H]2N=C1c1cccc(C(F)(F)F)c1. The summed E-state index contributed by atoms with van der Waals surface area (Å²) < 4.78 is 41.3. The molecule has 7 heteroatoms. The van der Waals surface area contributed by atoms with Crippen molar-refractivity contribution in [2.75, 3.05) is 0 Å². The van der Waals surface area contributed by atoms with E-state index in [1.165, 1.54) is 6.07 Å². The van der Waals surface area contributed by atoms with Crippen LogP contribution in [0.4, 0.5) is 13.2 Å². The monoisotopic (exact) mass is 670 g/mol. The highest BCUT2D eigenvalue weighted by molar-refractivity contribution is 6.54. The molecule has 2 heterocycles. The number of nitrogens with zero attached hydrogens (tertiary/aromatic N) is 4. The smallest absolute Gasteiger partial charge is 0.277 e. The van der Waals surface area contributed by atoms with Gasteiger partial charge >= 0.3 is 6.18 Å². The van der Waals surface area contributed by atoms with E-state index in [0.29, 0.717) is 17.0 Å². The maximum absolute atomic E-state index is 13.8. The molecule has 0 saturated carbocycles. The summed E-state index contributed by atoms with van der Waals surface area (Å²) in [6.07, 6.45) is 31.9. The molecule has 1 aromatic rings. The number of hydrogen-bond donors (Lipinski definition) is 0. The highest BCUT2D eigenvalue weighted by atomic mass is 19.4. The van der Waals surface area contributed by atoms with Crippen molar-refractivity contribution in [2.45, 2.75) is 64.0 Å². The minimum atomic E-state index is -4.48. The predicted octanol–water partition coefficient (Wildman–Crippen LogP) is 10.0. The van der Waals surface area contributed by atoms with Gasteiger partial charge in [0.1, 0.15) is 0 Å². The van der Waals surface area contributed by atoms with Crippen LogP contribution in [0.5, 0.6) is 0 Å². The van der Waals surface area contributed by atoms with Crippen LogP contribution in [0.15, 0.2) is 176 Å². The van der Waals surface area contributed by atoms with E-state index in [1.807, 2.05) is 38.2 Å². The Hall–Kier alpha value is -5.17. The summed E-state index contributed by atoms with van der Waals surface area (Å²) >= 11 is 0. The van der Waals surface area contributed by atoms with E-state index in [9.17, 15) is 13.2 Å². The van der Waals surface area contributed by atoms with Gasteiger partial charge in [-0.3, -0.25) is 20.0 Å². The van der Waals surface area contributed by atoms with E-state index in [1.54, 1.807) is 18.2 Å². The van der Waals surface area contributed by atoms with Crippen molar-refractivity contribution in [1.29, 1.82) is 0 Å². The van der Waals surface area contributed by atoms with E-state index in [0.717, 1.165) is 58.7 Å². The minimum Gasteiger partial charge on any atom is -0.277 e. The topological polar surface area (TPSA) is 49.4 Å². The summed E-state index contributed by atoms with van der Waals surface area (Å²) in [5.74, 6) is 0.142. The molecule has 5 atom stereocenters. The van der Waals surface area contributed by atoms with Crippen molar-refractivity contribution in [2.24, 2.45) is 25.9 Å². The van der Waals surface area contributed by atoms with Gasteiger partial charge in [0.25, 0.3) is 0 Å². The summed E-state index contributed by atoms with van der Waals surface area (Å²) in [5, 5.41) is 0. The van der Waals surface area contributed by atoms with Crippen LogP contribution in [0.1, 0.15) is 44.7 Å². The molecule has 5 aliphatic rings. The third-order valence-corrected chi connectivity index (χ3v) is 9.03. The molecular weight excluding hydrogens is 629 g/mol. The fraction of sp³-hybridized carbons (Fsp3) is 0.256. The maximum Gasteiger partial charge on any atom is 0.416 e. The zero-order chi connectivity index (χ0) is 35.3. The molecule has 6 rings (SSSR count). The van der Waals surface area contributed by atoms with E-state index in [4.69, 9.17) is 20.0 Å². The molecule has 50 heavy (non-hydrogen) atoms. The Morgan fingerprint density at radius 2 is 1.52 bits per heavy atom. The van der Waals surface area contributed by atoms with Gasteiger partial charge in [0, 0.05) is 17.1 Å². The molecular formula is C43H41F3N4. The van der Waals surface area contributed by atoms with Crippen LogP contribution in [0.2, 0.25) is 0 Å². The number of halogens is 3. The maximum atomic E-state index is 13.8. The molecule has 0 aromatic heterocycles. The number of allylic oxidation sites excluding steroid dienone is 17. The third kappa shape index (κ3) is 7.37. The molecule has 0 bridgehead atoms. The molecule has 3 aliphatic carbocycles. The molecule has 254 valence electrons. The minimum absolute atomic E-state index is 0.124. The van der Waals surface area contributed by atoms with Crippen LogP contribution < -0.4 is 0 Å². The number of benzene rings is 1. The van der Waals surface area contributed by atoms with Gasteiger partial charge in [-0.15, -0.1) is 0 Å². The van der Waals surface area contributed by atoms with Gasteiger partial charge in [0.2, 0.25) is 0 Å². The lowest BCUT2D eigenvalue weighted by Gasteiger charge is -2.31. The van der Waals surface area contributed by atoms with E-state index < -0.39 is 17.8 Å². The molecule has 0 fully saturated rings. The summed E-state index contributed by atoms with van der Waals surface area (Å²) in [5.41, 5.74) is 6.32. The van der Waals surface area contributed by atoms with Crippen molar-refractivity contribution >= 4 is 22.8 Å². The van der Waals surface area contributed by atoms with Crippen molar-refractivity contribution in [1.82, 2.24) is 0 Å². The highest BCUT2D eigenvalue weighted by Gasteiger charge is 2.35. The summed E-state index contributed by atoms with van der Waals surface area (Å²) in [6.45, 7) is 9.87. The molecule has 1 aromatic carbocycles. The van der Waals surface area contributed by atoms with Gasteiger partial charge in [-0.1, -0.05) is 117 Å². The lowest BCUT2D eigenvalue weighted by Crippen LogP contribution is -2.37. The average molecular weight is 671 g/mol. The second kappa shape index (κ2) is 15.2. The Labute approximate surface area is 292 Å². The Balaban J connectivity index is 1.37. The molecule has 4 nitrogen and oxygen atoms in total. The quantitative estimate of drug-likeness (QED) is 0.235. The van der Waals surface area contributed by atoms with Crippen LogP contribution >= 0.6 is 0 Å². The number of rotatable bonds is 9. The summed E-state index contributed by atoms with van der Waals surface area (Å²) in [7, 11) is 0. The van der Waals surface area contributed by atoms with Crippen LogP contribution in [0.25, 0.3) is 0 Å². The number of aliphatic imine (C=N–C) groups is 4. The zero-order valence-electron chi connectivity index (χ0n) is 28.6. The van der Waals surface area contributed by atoms with Gasteiger partial charge in [0.05, 0.1) is 52.6 Å². The first kappa shape index (κ1) is 34.7. The Kier molecular flexibility index (Phi) is 10.5. The van der Waals surface area contributed by atoms with Crippen molar-refractivity contribution in [3.63, 3.8) is 0 Å². The normalized spacial score (nSPS) is 26.6. The second-order valence-corrected chi connectivity index (χ2v) is 12.5. The fourth-order valence-electron chi connectivity index (χ4n) is 6.72. The summed E-state index contributed by atoms with van der Waals surface area (Å²) in [6, 6.07) is 4.29. The number of hydrogen-bond acceptors (Lipinski definition) is 4. The number of alkyl halides is 3. The first-order chi connectivity index (χ1) is 24.2. The lowest BCUT2D eigenvalue weighted by molar-refractivity contribution is -0.137. The van der Waals surface area contributed by atoms with Gasteiger partial charge in [-0.25, -0.2) is 0 Å². The van der Waals surface area contributed by atoms with Gasteiger partial charge in [-0.05, 0) is 67.7 Å². The first-order valence-corrected chi connectivity index (χ1v) is 17.2. The Morgan fingerprint density at radius 1 is 0.840 bits per heavy atom. The average Bonchev–Trinajstić information content (AvgIpc) is 3.13. The number of fused-ring (bicyclic) bond motifs is 2. The van der Waals surface area contributed by atoms with E-state index in [2.05, 4.69) is 80.3 Å². The molecule has 0 N–H and O–H groups in total. The van der Waals surface area contributed by atoms with Crippen molar-refractivity contribution < 1.29 is 13.2 Å². The van der Waals surface area contributed by atoms with Crippen LogP contribution in [0, 0.1) is 5.92 Å². The highest BCUT2D eigenvalue weighted by Crippen LogP contribution is 2.34. The Morgan fingerprint density at radius 3 is 2.14 bits per heavy atom. The third-order valence-electron chi connectivity index (χ3n) is 9.03. The van der Waals surface area contributed by atoms with Crippen molar-refractivity contribution in [3.8, 4) is 0 Å². The van der Waals surface area contributed by atoms with Crippen LogP contribution in [-0.2, 0) is 6.18 Å². The summed E-state index contributed by atoms with van der Waals surface area (Å²) in [4.78, 5) is 20.8. The van der Waals surface area contributed by atoms with Crippen LogP contribution in [-0.4, -0.2) is 47.0 Å². The molecule has 2 unspecified atom stereocenters. The van der Waals surface area contributed by atoms with Gasteiger partial charge < -0.3 is 0 Å². The Bertz CT molecular complexity index is 1960. The molecule has 2 aliphatic heterocycles. The predicted molar refractivity (Wildman–Crippen MR) is 203 cm³/mol. The molecule has 0 spiro atoms. The molecule has 0 radical (unpaired) electrons. The standard InChI is InChI=1S/C43H41F3N4/c1-5-13-28(14-6-2)39-41(30-17-10-9-11-18-30)49-37-26-31(21-23-35(37)47-39)32-22-24-36-38(27-32)50-42(40(48-36)29(15-7-3)16-8-4)33-19-12-20-34(25-33)43(44,45)46/h5,7-17,19-27,30,35-38H,3,6,18H2,1-2,4H3/b13-5-,16-8-,28-14+,29-15+/t30-,35+,36?,37?,38-/m0/s1. The molecule has 0 saturated heterocycles. The molecule has 0 amide bonds. The zero-order valence-corrected chi connectivity index (χ0v) is 28.6. The lowest BCUT2D eigenvalue weighted by atomic mass is 9.84. The van der Waals surface area contributed by atoms with Gasteiger partial charge in [0.15, 0.2) is 0 Å². The fourth-order valence-corrected chi connectivity index (χ4v) is 6.72. The van der Waals surface area contributed by atoms with Crippen LogP contribution in [0.3, 0.4) is 0 Å². The van der Waals surface area contributed by atoms with E-state index >= 15 is 0 Å². The van der Waals surface area contributed by atoms with Crippen molar-refractivity contribution in [3.05, 3.63) is 168 Å². The largest absolute Gasteiger partial charge is 0.416 e. The van der Waals surface area contributed by atoms with Gasteiger partial charge in [-0.2, -0.15) is 13.2 Å². The first-order valence-electron chi connectivity index (χ1n) is 17.2. The van der Waals surface area contributed by atoms with E-state index in [-0.39, 0.29) is 24.0 Å².